The van der Waals surface area contributed by atoms with Crippen molar-refractivity contribution in [1.29, 1.82) is 0 Å². The number of esters is 1. The Labute approximate surface area is 191 Å². The smallest absolute Gasteiger partial charge is 0.309 e. The number of unbranched alkanes of at least 4 members (excludes halogenated alkanes) is 13. The topological polar surface area (TPSA) is 63.6 Å². The number of aliphatic carboxylic acids is 1. The summed E-state index contributed by atoms with van der Waals surface area (Å²) in [5, 5.41) is 9.27. The fourth-order valence-electron chi connectivity index (χ4n) is 4.51. The first-order valence-corrected chi connectivity index (χ1v) is 13.2. The lowest BCUT2D eigenvalue weighted by Crippen LogP contribution is -2.33. The molecular formula is C27H48O4. The number of hydrogen-bond donors (Lipinski definition) is 1. The Morgan fingerprint density at radius 1 is 0.742 bits per heavy atom. The van der Waals surface area contributed by atoms with Crippen molar-refractivity contribution in [1.82, 2.24) is 0 Å². The Kier molecular flexibility index (Phi) is 17.3. The lowest BCUT2D eigenvalue weighted by molar-refractivity contribution is -0.159. The van der Waals surface area contributed by atoms with Crippen LogP contribution in [0.15, 0.2) is 12.2 Å². The summed E-state index contributed by atoms with van der Waals surface area (Å²) in [7, 11) is 0. The number of carboxylic acid groups (broad SMARTS) is 1. The second kappa shape index (κ2) is 19.4. The van der Waals surface area contributed by atoms with Crippen molar-refractivity contribution in [2.24, 2.45) is 11.8 Å². The van der Waals surface area contributed by atoms with Crippen molar-refractivity contribution in [2.45, 2.75) is 129 Å². The van der Waals surface area contributed by atoms with Crippen molar-refractivity contribution in [3.63, 3.8) is 0 Å². The zero-order valence-corrected chi connectivity index (χ0v) is 20.1. The minimum absolute atomic E-state index is 0.302. The van der Waals surface area contributed by atoms with Crippen molar-refractivity contribution >= 4 is 11.9 Å². The van der Waals surface area contributed by atoms with Gasteiger partial charge in [-0.25, -0.2) is 0 Å². The van der Waals surface area contributed by atoms with Gasteiger partial charge in [0.05, 0.1) is 18.4 Å². The molecule has 1 rings (SSSR count). The number of ether oxygens (including phenoxy) is 1. The molecule has 0 radical (unpaired) electrons. The van der Waals surface area contributed by atoms with E-state index in [-0.39, 0.29) is 5.97 Å². The van der Waals surface area contributed by atoms with Crippen LogP contribution >= 0.6 is 0 Å². The molecule has 0 aromatic rings. The van der Waals surface area contributed by atoms with E-state index in [1.165, 1.54) is 70.6 Å². The van der Waals surface area contributed by atoms with Gasteiger partial charge in [0.2, 0.25) is 0 Å². The molecule has 1 aliphatic carbocycles. The zero-order chi connectivity index (χ0) is 22.6. The molecule has 2 atom stereocenters. The van der Waals surface area contributed by atoms with E-state index >= 15 is 0 Å². The standard InChI is InChI=1S/C27H48O4/c1-2-3-4-5-6-7-8-9-10-11-12-13-14-15-16-17-20-23-31-27(30)25-22-19-18-21-24(25)26(28)29/h13-14,24-25H,2-12,15-23H2,1H3,(H,28,29)/b14-13+. The average Bonchev–Trinajstić information content (AvgIpc) is 2.78. The second-order valence-corrected chi connectivity index (χ2v) is 9.29. The first kappa shape index (κ1) is 27.7. The van der Waals surface area contributed by atoms with Gasteiger partial charge in [-0.2, -0.15) is 0 Å². The van der Waals surface area contributed by atoms with E-state index in [0.717, 1.165) is 38.5 Å². The molecule has 0 aromatic heterocycles. The first-order chi connectivity index (χ1) is 15.2. The van der Waals surface area contributed by atoms with Crippen molar-refractivity contribution in [2.75, 3.05) is 6.61 Å². The van der Waals surface area contributed by atoms with Gasteiger partial charge in [0.1, 0.15) is 0 Å². The van der Waals surface area contributed by atoms with Gasteiger partial charge in [-0.3, -0.25) is 9.59 Å². The van der Waals surface area contributed by atoms with Crippen LogP contribution in [0.3, 0.4) is 0 Å². The Balaban J connectivity index is 1.88. The van der Waals surface area contributed by atoms with Gasteiger partial charge < -0.3 is 9.84 Å². The quantitative estimate of drug-likeness (QED) is 0.127. The number of hydrogen-bond acceptors (Lipinski definition) is 3. The minimum atomic E-state index is -0.855. The fourth-order valence-corrected chi connectivity index (χ4v) is 4.51. The molecule has 0 spiro atoms. The van der Waals surface area contributed by atoms with Gasteiger partial charge in [-0.05, 0) is 51.4 Å². The van der Waals surface area contributed by atoms with Crippen LogP contribution in [0.5, 0.6) is 0 Å². The minimum Gasteiger partial charge on any atom is -0.481 e. The van der Waals surface area contributed by atoms with Crippen LogP contribution in [0, 0.1) is 11.8 Å². The van der Waals surface area contributed by atoms with Gasteiger partial charge in [0.25, 0.3) is 0 Å². The zero-order valence-electron chi connectivity index (χ0n) is 20.1. The molecule has 31 heavy (non-hydrogen) atoms. The summed E-state index contributed by atoms with van der Waals surface area (Å²) >= 11 is 0. The Morgan fingerprint density at radius 3 is 1.77 bits per heavy atom. The summed E-state index contributed by atoms with van der Waals surface area (Å²) in [6.07, 6.45) is 26.8. The molecule has 0 aromatic carbocycles. The van der Waals surface area contributed by atoms with Gasteiger partial charge in [-0.1, -0.05) is 89.7 Å². The largest absolute Gasteiger partial charge is 0.481 e. The van der Waals surface area contributed by atoms with E-state index in [0.29, 0.717) is 19.4 Å². The van der Waals surface area contributed by atoms with E-state index in [2.05, 4.69) is 19.1 Å². The molecule has 1 saturated carbocycles. The summed E-state index contributed by atoms with van der Waals surface area (Å²) in [5.41, 5.74) is 0. The molecular weight excluding hydrogens is 388 g/mol. The van der Waals surface area contributed by atoms with Crippen molar-refractivity contribution in [3.05, 3.63) is 12.2 Å². The molecule has 4 heteroatoms. The normalized spacial score (nSPS) is 19.0. The number of rotatable bonds is 19. The predicted molar refractivity (Wildman–Crippen MR) is 128 cm³/mol. The average molecular weight is 437 g/mol. The number of allylic oxidation sites excluding steroid dienone is 2. The van der Waals surface area contributed by atoms with Crippen LogP contribution in [-0.4, -0.2) is 23.7 Å². The van der Waals surface area contributed by atoms with Crippen LogP contribution in [-0.2, 0) is 14.3 Å². The summed E-state index contributed by atoms with van der Waals surface area (Å²) in [6.45, 7) is 2.69. The number of carbonyl (C=O) groups excluding carboxylic acids is 1. The predicted octanol–water partition coefficient (Wildman–Crippen LogP) is 7.85. The highest BCUT2D eigenvalue weighted by molar-refractivity contribution is 5.81. The van der Waals surface area contributed by atoms with Gasteiger partial charge in [-0.15, -0.1) is 0 Å². The summed E-state index contributed by atoms with van der Waals surface area (Å²) in [4.78, 5) is 23.5. The highest BCUT2D eigenvalue weighted by atomic mass is 16.5. The fraction of sp³-hybridized carbons (Fsp3) is 0.852. The maximum absolute atomic E-state index is 12.2. The van der Waals surface area contributed by atoms with E-state index in [4.69, 9.17) is 4.74 Å². The SMILES string of the molecule is CCCCCCCCCCCC/C=C/CCCCCOC(=O)C1CCCCC1C(=O)O. The molecule has 1 aliphatic rings. The molecule has 1 N–H and O–H groups in total. The highest BCUT2D eigenvalue weighted by Gasteiger charge is 2.36. The third-order valence-corrected chi connectivity index (χ3v) is 6.54. The second-order valence-electron chi connectivity index (χ2n) is 9.29. The Hall–Kier alpha value is -1.32. The third-order valence-electron chi connectivity index (χ3n) is 6.54. The van der Waals surface area contributed by atoms with E-state index in [1.807, 2.05) is 0 Å². The molecule has 0 saturated heterocycles. The molecule has 0 amide bonds. The molecule has 1 fully saturated rings. The molecule has 180 valence electrons. The van der Waals surface area contributed by atoms with E-state index in [9.17, 15) is 14.7 Å². The van der Waals surface area contributed by atoms with Crippen molar-refractivity contribution < 1.29 is 19.4 Å². The van der Waals surface area contributed by atoms with Gasteiger partial charge >= 0.3 is 11.9 Å². The molecule has 4 nitrogen and oxygen atoms in total. The summed E-state index contributed by atoms with van der Waals surface area (Å²) in [5.74, 6) is -2.16. The molecule has 0 heterocycles. The highest BCUT2D eigenvalue weighted by Crippen LogP contribution is 2.31. The van der Waals surface area contributed by atoms with Crippen LogP contribution in [0.25, 0.3) is 0 Å². The summed E-state index contributed by atoms with van der Waals surface area (Å²) in [6, 6.07) is 0. The first-order valence-electron chi connectivity index (χ1n) is 13.2. The molecule has 2 unspecified atom stereocenters. The van der Waals surface area contributed by atoms with E-state index in [1.54, 1.807) is 0 Å². The van der Waals surface area contributed by atoms with Crippen LogP contribution in [0.4, 0.5) is 0 Å². The maximum atomic E-state index is 12.2. The number of carboxylic acids is 1. The summed E-state index contributed by atoms with van der Waals surface area (Å²) < 4.78 is 5.37. The van der Waals surface area contributed by atoms with E-state index < -0.39 is 17.8 Å². The van der Waals surface area contributed by atoms with Crippen LogP contribution < -0.4 is 0 Å². The van der Waals surface area contributed by atoms with Gasteiger partial charge in [0, 0.05) is 0 Å². The monoisotopic (exact) mass is 436 g/mol. The third kappa shape index (κ3) is 14.4. The maximum Gasteiger partial charge on any atom is 0.309 e. The van der Waals surface area contributed by atoms with Crippen LogP contribution in [0.1, 0.15) is 129 Å². The van der Waals surface area contributed by atoms with Crippen molar-refractivity contribution in [3.8, 4) is 0 Å². The molecule has 0 bridgehead atoms. The lowest BCUT2D eigenvalue weighted by atomic mass is 9.79. The van der Waals surface area contributed by atoms with Gasteiger partial charge in [0.15, 0.2) is 0 Å². The Morgan fingerprint density at radius 2 is 1.23 bits per heavy atom. The lowest BCUT2D eigenvalue weighted by Gasteiger charge is -2.26. The van der Waals surface area contributed by atoms with Crippen LogP contribution in [0.2, 0.25) is 0 Å². The Bertz CT molecular complexity index is 486. The molecule has 0 aliphatic heterocycles. The number of carbonyl (C=O) groups is 2.